The molecule has 0 saturated heterocycles. The fourth-order valence-corrected chi connectivity index (χ4v) is 2.04. The Morgan fingerprint density at radius 2 is 2.29 bits per heavy atom. The van der Waals surface area contributed by atoms with Crippen LogP contribution in [0.25, 0.3) is 0 Å². The highest BCUT2D eigenvalue weighted by atomic mass is 32.1. The zero-order valence-corrected chi connectivity index (χ0v) is 10.8. The van der Waals surface area contributed by atoms with Gasteiger partial charge in [-0.05, 0) is 5.92 Å². The van der Waals surface area contributed by atoms with Crippen LogP contribution in [0.15, 0.2) is 0 Å². The zero-order chi connectivity index (χ0) is 12.8. The summed E-state index contributed by atoms with van der Waals surface area (Å²) >= 11 is 1.19. The van der Waals surface area contributed by atoms with Gasteiger partial charge in [-0.1, -0.05) is 18.3 Å². The standard InChI is InChI=1S/C9H18N6OS/c1-6(2)3-15(5-8(10)16)4-7-9(12-11)17-14-13-7/h6,12H,3-5,11H2,1-2H3,(H2,10,16). The molecule has 1 amide bonds. The highest BCUT2D eigenvalue weighted by Gasteiger charge is 2.15. The van der Waals surface area contributed by atoms with Crippen molar-refractivity contribution in [1.29, 1.82) is 0 Å². The van der Waals surface area contributed by atoms with Crippen molar-refractivity contribution in [1.82, 2.24) is 14.5 Å². The van der Waals surface area contributed by atoms with Crippen molar-refractivity contribution in [2.45, 2.75) is 20.4 Å². The van der Waals surface area contributed by atoms with Crippen LogP contribution in [0, 0.1) is 5.92 Å². The molecule has 8 heteroatoms. The summed E-state index contributed by atoms with van der Waals surface area (Å²) < 4.78 is 3.81. The van der Waals surface area contributed by atoms with Gasteiger partial charge in [-0.15, -0.1) is 5.10 Å². The molecule has 17 heavy (non-hydrogen) atoms. The summed E-state index contributed by atoms with van der Waals surface area (Å²) in [5, 5.41) is 4.68. The zero-order valence-electron chi connectivity index (χ0n) is 10.0. The summed E-state index contributed by atoms with van der Waals surface area (Å²) in [7, 11) is 0. The maximum atomic E-state index is 11.0. The Bertz CT molecular complexity index is 366. The van der Waals surface area contributed by atoms with Crippen LogP contribution in [0.3, 0.4) is 0 Å². The molecule has 1 aromatic rings. The molecule has 0 aromatic carbocycles. The first-order chi connectivity index (χ1) is 8.02. The summed E-state index contributed by atoms with van der Waals surface area (Å²) in [5.74, 6) is 5.43. The average Bonchev–Trinajstić information content (AvgIpc) is 2.62. The van der Waals surface area contributed by atoms with Crippen molar-refractivity contribution in [3.05, 3.63) is 5.69 Å². The van der Waals surface area contributed by atoms with Gasteiger partial charge in [0.1, 0.15) is 10.7 Å². The second kappa shape index (κ2) is 6.48. The second-order valence-corrected chi connectivity index (χ2v) is 4.98. The quantitative estimate of drug-likeness (QED) is 0.460. The predicted molar refractivity (Wildman–Crippen MR) is 67.0 cm³/mol. The molecule has 0 aliphatic heterocycles. The Labute approximate surface area is 104 Å². The fourth-order valence-electron chi connectivity index (χ4n) is 1.56. The van der Waals surface area contributed by atoms with Gasteiger partial charge in [-0.2, -0.15) is 0 Å². The molecule has 0 aliphatic rings. The lowest BCUT2D eigenvalue weighted by molar-refractivity contribution is -0.119. The molecule has 0 bridgehead atoms. The lowest BCUT2D eigenvalue weighted by atomic mass is 10.2. The molecule has 0 saturated carbocycles. The number of nitrogens with one attached hydrogen (secondary N) is 1. The number of hydrazine groups is 1. The number of amides is 1. The molecular formula is C9H18N6OS. The van der Waals surface area contributed by atoms with Crippen molar-refractivity contribution in [2.75, 3.05) is 18.5 Å². The van der Waals surface area contributed by atoms with Crippen LogP contribution >= 0.6 is 11.5 Å². The lowest BCUT2D eigenvalue weighted by Gasteiger charge is -2.21. The van der Waals surface area contributed by atoms with Crippen molar-refractivity contribution < 1.29 is 4.79 Å². The van der Waals surface area contributed by atoms with E-state index in [4.69, 9.17) is 11.6 Å². The van der Waals surface area contributed by atoms with Crippen LogP contribution in [0.5, 0.6) is 0 Å². The minimum Gasteiger partial charge on any atom is -0.369 e. The molecule has 1 rings (SSSR count). The first kappa shape index (κ1) is 13.8. The average molecular weight is 258 g/mol. The third-order valence-corrected chi connectivity index (χ3v) is 2.76. The first-order valence-corrected chi connectivity index (χ1v) is 6.08. The number of nitrogens with zero attached hydrogens (tertiary/aromatic N) is 3. The van der Waals surface area contributed by atoms with Gasteiger partial charge in [0, 0.05) is 24.6 Å². The predicted octanol–water partition coefficient (Wildman–Crippen LogP) is -0.233. The lowest BCUT2D eigenvalue weighted by Crippen LogP contribution is -2.36. The van der Waals surface area contributed by atoms with Gasteiger partial charge in [0.15, 0.2) is 0 Å². The van der Waals surface area contributed by atoms with Crippen molar-refractivity contribution >= 4 is 22.4 Å². The summed E-state index contributed by atoms with van der Waals surface area (Å²) in [6.45, 7) is 5.64. The van der Waals surface area contributed by atoms with E-state index in [1.54, 1.807) is 0 Å². The SMILES string of the molecule is CC(C)CN(CC(N)=O)Cc1nnsc1NN. The Balaban J connectivity index is 2.67. The van der Waals surface area contributed by atoms with Crippen molar-refractivity contribution in [3.63, 3.8) is 0 Å². The monoisotopic (exact) mass is 258 g/mol. The molecular weight excluding hydrogens is 240 g/mol. The Morgan fingerprint density at radius 1 is 1.59 bits per heavy atom. The van der Waals surface area contributed by atoms with Gasteiger partial charge in [0.2, 0.25) is 5.91 Å². The van der Waals surface area contributed by atoms with Gasteiger partial charge in [0.25, 0.3) is 0 Å². The van der Waals surface area contributed by atoms with E-state index in [0.717, 1.165) is 12.2 Å². The Morgan fingerprint density at radius 3 is 2.82 bits per heavy atom. The number of rotatable bonds is 7. The third kappa shape index (κ3) is 4.63. The maximum Gasteiger partial charge on any atom is 0.231 e. The van der Waals surface area contributed by atoms with Crippen LogP contribution in [0.1, 0.15) is 19.5 Å². The van der Waals surface area contributed by atoms with E-state index in [0.29, 0.717) is 17.5 Å². The molecule has 0 spiro atoms. The molecule has 0 radical (unpaired) electrons. The Kier molecular flexibility index (Phi) is 5.26. The number of nitrogens with two attached hydrogens (primary N) is 2. The topological polar surface area (TPSA) is 110 Å². The molecule has 7 nitrogen and oxygen atoms in total. The first-order valence-electron chi connectivity index (χ1n) is 5.31. The number of carbonyl (C=O) groups is 1. The van der Waals surface area contributed by atoms with E-state index in [2.05, 4.69) is 28.9 Å². The van der Waals surface area contributed by atoms with Crippen LogP contribution in [0.4, 0.5) is 5.00 Å². The van der Waals surface area contributed by atoms with Crippen LogP contribution in [-0.2, 0) is 11.3 Å². The highest BCUT2D eigenvalue weighted by molar-refractivity contribution is 7.10. The summed E-state index contributed by atoms with van der Waals surface area (Å²) in [5.41, 5.74) is 8.49. The molecule has 0 unspecified atom stereocenters. The van der Waals surface area contributed by atoms with Crippen LogP contribution < -0.4 is 17.0 Å². The number of hydrogen-bond acceptors (Lipinski definition) is 7. The molecule has 1 aromatic heterocycles. The maximum absolute atomic E-state index is 11.0. The third-order valence-electron chi connectivity index (χ3n) is 2.06. The Hall–Kier alpha value is -1.25. The fraction of sp³-hybridized carbons (Fsp3) is 0.667. The molecule has 0 atom stereocenters. The van der Waals surface area contributed by atoms with Crippen LogP contribution in [0.2, 0.25) is 0 Å². The number of carbonyl (C=O) groups excluding carboxylic acids is 1. The number of anilines is 1. The summed E-state index contributed by atoms with van der Waals surface area (Å²) in [4.78, 5) is 12.9. The van der Waals surface area contributed by atoms with E-state index in [9.17, 15) is 4.79 Å². The molecule has 0 fully saturated rings. The molecule has 96 valence electrons. The van der Waals surface area contributed by atoms with E-state index >= 15 is 0 Å². The summed E-state index contributed by atoms with van der Waals surface area (Å²) in [6.07, 6.45) is 0. The van der Waals surface area contributed by atoms with Crippen molar-refractivity contribution in [3.8, 4) is 0 Å². The number of hydrogen-bond donors (Lipinski definition) is 3. The number of aromatic nitrogens is 2. The normalized spacial score (nSPS) is 11.1. The minimum absolute atomic E-state index is 0.208. The largest absolute Gasteiger partial charge is 0.369 e. The van der Waals surface area contributed by atoms with Crippen molar-refractivity contribution in [2.24, 2.45) is 17.5 Å². The second-order valence-electron chi connectivity index (χ2n) is 4.22. The van der Waals surface area contributed by atoms with Gasteiger partial charge < -0.3 is 11.2 Å². The summed E-state index contributed by atoms with van der Waals surface area (Å²) in [6, 6.07) is 0. The number of nitrogen functional groups attached to an aromatic ring is 1. The van der Waals surface area contributed by atoms with E-state index in [-0.39, 0.29) is 12.5 Å². The highest BCUT2D eigenvalue weighted by Crippen LogP contribution is 2.18. The van der Waals surface area contributed by atoms with Gasteiger partial charge in [-0.25, -0.2) is 5.84 Å². The molecule has 0 aliphatic carbocycles. The smallest absolute Gasteiger partial charge is 0.231 e. The van der Waals surface area contributed by atoms with E-state index in [1.807, 2.05) is 4.90 Å². The van der Waals surface area contributed by atoms with Gasteiger partial charge in [-0.3, -0.25) is 9.69 Å². The van der Waals surface area contributed by atoms with Crippen LogP contribution in [-0.4, -0.2) is 33.5 Å². The van der Waals surface area contributed by atoms with Gasteiger partial charge >= 0.3 is 0 Å². The van der Waals surface area contributed by atoms with E-state index in [1.165, 1.54) is 11.5 Å². The molecule has 5 N–H and O–H groups in total. The number of primary amides is 1. The minimum atomic E-state index is -0.351. The van der Waals surface area contributed by atoms with E-state index < -0.39 is 0 Å². The molecule has 1 heterocycles. The van der Waals surface area contributed by atoms with Gasteiger partial charge in [0.05, 0.1) is 6.54 Å².